The van der Waals surface area contributed by atoms with E-state index in [4.69, 9.17) is 4.74 Å². The van der Waals surface area contributed by atoms with Gasteiger partial charge in [0.25, 0.3) is 0 Å². The van der Waals surface area contributed by atoms with E-state index in [-0.39, 0.29) is 29.8 Å². The van der Waals surface area contributed by atoms with E-state index in [9.17, 15) is 9.59 Å². The highest BCUT2D eigenvalue weighted by Crippen LogP contribution is 2.52. The maximum atomic E-state index is 12.6. The molecular formula is C15H13NO3. The fourth-order valence-corrected chi connectivity index (χ4v) is 3.48. The molecule has 2 saturated heterocycles. The lowest BCUT2D eigenvalue weighted by molar-refractivity contribution is -0.126. The van der Waals surface area contributed by atoms with E-state index in [1.807, 2.05) is 37.3 Å². The van der Waals surface area contributed by atoms with Gasteiger partial charge in [-0.05, 0) is 19.1 Å². The van der Waals surface area contributed by atoms with Gasteiger partial charge in [0.15, 0.2) is 0 Å². The van der Waals surface area contributed by atoms with E-state index >= 15 is 0 Å². The molecule has 3 heterocycles. The van der Waals surface area contributed by atoms with E-state index in [0.717, 1.165) is 0 Å². The van der Waals surface area contributed by atoms with Crippen LogP contribution in [-0.4, -0.2) is 23.5 Å². The first-order valence-corrected chi connectivity index (χ1v) is 6.42. The Morgan fingerprint density at radius 2 is 1.89 bits per heavy atom. The van der Waals surface area contributed by atoms with Crippen molar-refractivity contribution in [3.63, 3.8) is 0 Å². The zero-order chi connectivity index (χ0) is 13.2. The zero-order valence-electron chi connectivity index (χ0n) is 10.4. The minimum absolute atomic E-state index is 0.140. The lowest BCUT2D eigenvalue weighted by atomic mass is 9.78. The maximum Gasteiger partial charge on any atom is 0.241 e. The molecule has 3 aliphatic rings. The largest absolute Gasteiger partial charge is 0.362 e. The third-order valence-corrected chi connectivity index (χ3v) is 4.34. The van der Waals surface area contributed by atoms with Crippen LogP contribution in [0.1, 0.15) is 6.92 Å². The van der Waals surface area contributed by atoms with Crippen molar-refractivity contribution in [2.24, 2.45) is 11.8 Å². The monoisotopic (exact) mass is 255 g/mol. The fourth-order valence-electron chi connectivity index (χ4n) is 3.48. The molecule has 96 valence electrons. The molecule has 19 heavy (non-hydrogen) atoms. The van der Waals surface area contributed by atoms with Crippen LogP contribution in [-0.2, 0) is 14.3 Å². The van der Waals surface area contributed by atoms with Crippen LogP contribution in [0.2, 0.25) is 0 Å². The molecule has 0 saturated carbocycles. The number of imide groups is 1. The molecule has 2 amide bonds. The normalized spacial score (nSPS) is 39.2. The number of hydrogen-bond acceptors (Lipinski definition) is 3. The lowest BCUT2D eigenvalue weighted by Crippen LogP contribution is -2.38. The predicted molar refractivity (Wildman–Crippen MR) is 68.3 cm³/mol. The number of para-hydroxylation sites is 1. The standard InChI is InChI=1S/C15H13NO3/c1-15-8-7-10(19-15)11-12(15)14(18)16(13(11)17)9-5-3-2-4-6-9/h2-8,10-12H,1H3. The number of ether oxygens (including phenoxy) is 1. The fraction of sp³-hybridized carbons (Fsp3) is 0.333. The zero-order valence-corrected chi connectivity index (χ0v) is 10.4. The van der Waals surface area contributed by atoms with Gasteiger partial charge in [0.05, 0.1) is 29.2 Å². The second kappa shape index (κ2) is 3.33. The van der Waals surface area contributed by atoms with Crippen LogP contribution in [0.4, 0.5) is 5.69 Å². The molecule has 4 nitrogen and oxygen atoms in total. The molecule has 4 rings (SSSR count). The Morgan fingerprint density at radius 3 is 2.58 bits per heavy atom. The van der Waals surface area contributed by atoms with Crippen LogP contribution >= 0.6 is 0 Å². The second-order valence-electron chi connectivity index (χ2n) is 5.48. The van der Waals surface area contributed by atoms with Crippen molar-refractivity contribution in [3.05, 3.63) is 42.5 Å². The summed E-state index contributed by atoms with van der Waals surface area (Å²) in [4.78, 5) is 26.4. The number of carbonyl (C=O) groups is 2. The Bertz CT molecular complexity index is 609. The second-order valence-corrected chi connectivity index (χ2v) is 5.48. The average Bonchev–Trinajstić information content (AvgIpc) is 3.00. The Balaban J connectivity index is 1.80. The van der Waals surface area contributed by atoms with Crippen LogP contribution < -0.4 is 4.90 Å². The Kier molecular flexibility index (Phi) is 1.92. The van der Waals surface area contributed by atoms with Crippen molar-refractivity contribution in [2.75, 3.05) is 4.90 Å². The summed E-state index contributed by atoms with van der Waals surface area (Å²) >= 11 is 0. The Morgan fingerprint density at radius 1 is 1.16 bits per heavy atom. The van der Waals surface area contributed by atoms with Crippen molar-refractivity contribution in [1.82, 2.24) is 0 Å². The Hall–Kier alpha value is -1.94. The molecule has 0 spiro atoms. The number of amides is 2. The van der Waals surface area contributed by atoms with Gasteiger partial charge in [-0.1, -0.05) is 30.4 Å². The average molecular weight is 255 g/mol. The van der Waals surface area contributed by atoms with Gasteiger partial charge in [0.2, 0.25) is 11.8 Å². The number of rotatable bonds is 1. The van der Waals surface area contributed by atoms with Crippen molar-refractivity contribution in [3.8, 4) is 0 Å². The smallest absolute Gasteiger partial charge is 0.241 e. The summed E-state index contributed by atoms with van der Waals surface area (Å²) in [7, 11) is 0. The first-order chi connectivity index (χ1) is 9.12. The third-order valence-electron chi connectivity index (χ3n) is 4.34. The molecule has 1 aromatic rings. The first-order valence-electron chi connectivity index (χ1n) is 6.42. The van der Waals surface area contributed by atoms with Gasteiger partial charge in [0, 0.05) is 0 Å². The number of benzene rings is 1. The highest BCUT2D eigenvalue weighted by atomic mass is 16.5. The number of hydrogen-bond donors (Lipinski definition) is 0. The lowest BCUT2D eigenvalue weighted by Gasteiger charge is -2.24. The number of anilines is 1. The number of nitrogens with zero attached hydrogens (tertiary/aromatic N) is 1. The summed E-state index contributed by atoms with van der Waals surface area (Å²) in [5.41, 5.74) is 0.0286. The highest BCUT2D eigenvalue weighted by Gasteiger charge is 2.65. The summed E-state index contributed by atoms with van der Waals surface area (Å²) < 4.78 is 5.77. The molecule has 4 unspecified atom stereocenters. The first kappa shape index (κ1) is 10.9. The Labute approximate surface area is 110 Å². The van der Waals surface area contributed by atoms with Crippen molar-refractivity contribution in [1.29, 1.82) is 0 Å². The van der Waals surface area contributed by atoms with Crippen LogP contribution in [0.25, 0.3) is 0 Å². The molecule has 4 heteroatoms. The van der Waals surface area contributed by atoms with E-state index in [1.165, 1.54) is 4.90 Å². The highest BCUT2D eigenvalue weighted by molar-refractivity contribution is 6.23. The summed E-state index contributed by atoms with van der Waals surface area (Å²) in [6.45, 7) is 1.88. The summed E-state index contributed by atoms with van der Waals surface area (Å²) in [6.07, 6.45) is 3.57. The third kappa shape index (κ3) is 1.22. The molecule has 3 aliphatic heterocycles. The quantitative estimate of drug-likeness (QED) is 0.564. The molecule has 4 atom stereocenters. The number of fused-ring (bicyclic) bond motifs is 5. The topological polar surface area (TPSA) is 46.6 Å². The molecule has 0 aliphatic carbocycles. The van der Waals surface area contributed by atoms with Gasteiger partial charge in [-0.2, -0.15) is 0 Å². The van der Waals surface area contributed by atoms with Crippen molar-refractivity contribution in [2.45, 2.75) is 18.6 Å². The van der Waals surface area contributed by atoms with E-state index in [2.05, 4.69) is 0 Å². The molecule has 0 aromatic heterocycles. The molecule has 1 aromatic carbocycles. The molecule has 0 radical (unpaired) electrons. The van der Waals surface area contributed by atoms with Gasteiger partial charge in [0.1, 0.15) is 0 Å². The van der Waals surface area contributed by atoms with Gasteiger partial charge >= 0.3 is 0 Å². The minimum Gasteiger partial charge on any atom is -0.362 e. The van der Waals surface area contributed by atoms with E-state index in [1.54, 1.807) is 12.1 Å². The minimum atomic E-state index is -0.619. The van der Waals surface area contributed by atoms with E-state index < -0.39 is 5.60 Å². The van der Waals surface area contributed by atoms with Gasteiger partial charge in [-0.15, -0.1) is 0 Å². The summed E-state index contributed by atoms with van der Waals surface area (Å²) in [6, 6.07) is 9.10. The van der Waals surface area contributed by atoms with Crippen molar-refractivity contribution >= 4 is 17.5 Å². The van der Waals surface area contributed by atoms with Gasteiger partial charge < -0.3 is 4.74 Å². The maximum absolute atomic E-state index is 12.6. The van der Waals surface area contributed by atoms with E-state index in [0.29, 0.717) is 5.69 Å². The SMILES string of the molecule is CC12C=CC(O1)C1C(=O)N(c3ccccc3)C(=O)C12. The summed E-state index contributed by atoms with van der Waals surface area (Å²) in [5, 5.41) is 0. The van der Waals surface area contributed by atoms with Gasteiger partial charge in [-0.25, -0.2) is 4.90 Å². The van der Waals surface area contributed by atoms with Crippen LogP contribution in [0.5, 0.6) is 0 Å². The van der Waals surface area contributed by atoms with Crippen LogP contribution in [0.3, 0.4) is 0 Å². The molecule has 2 fully saturated rings. The van der Waals surface area contributed by atoms with Crippen LogP contribution in [0, 0.1) is 11.8 Å². The number of carbonyl (C=O) groups excluding carboxylic acids is 2. The predicted octanol–water partition coefficient (Wildman–Crippen LogP) is 1.52. The summed E-state index contributed by atoms with van der Waals surface area (Å²) in [5.74, 6) is -1.02. The molecular weight excluding hydrogens is 242 g/mol. The van der Waals surface area contributed by atoms with Crippen molar-refractivity contribution < 1.29 is 14.3 Å². The van der Waals surface area contributed by atoms with Crippen LogP contribution in [0.15, 0.2) is 42.5 Å². The molecule has 2 bridgehead atoms. The molecule has 0 N–H and O–H groups in total. The van der Waals surface area contributed by atoms with Gasteiger partial charge in [-0.3, -0.25) is 9.59 Å².